The van der Waals surface area contributed by atoms with Crippen LogP contribution in [0.15, 0.2) is 0 Å². The predicted molar refractivity (Wildman–Crippen MR) is 70.5 cm³/mol. The smallest absolute Gasteiger partial charge is 0.0624 e. The Kier molecular flexibility index (Phi) is 5.89. The highest BCUT2D eigenvalue weighted by atomic mass is 16.5. The number of aliphatic hydroxyl groups is 2. The van der Waals surface area contributed by atoms with Gasteiger partial charge in [-0.3, -0.25) is 4.90 Å². The summed E-state index contributed by atoms with van der Waals surface area (Å²) in [6, 6.07) is 0.597. The lowest BCUT2D eigenvalue weighted by atomic mass is 9.92. The van der Waals surface area contributed by atoms with Crippen LogP contribution in [0, 0.1) is 5.92 Å². The third-order valence-corrected chi connectivity index (χ3v) is 4.38. The first-order chi connectivity index (χ1) is 8.81. The van der Waals surface area contributed by atoms with Gasteiger partial charge in [-0.15, -0.1) is 0 Å². The van der Waals surface area contributed by atoms with Crippen molar-refractivity contribution in [1.29, 1.82) is 0 Å². The van der Waals surface area contributed by atoms with Gasteiger partial charge >= 0.3 is 0 Å². The first-order valence-electron chi connectivity index (χ1n) is 7.42. The summed E-state index contributed by atoms with van der Waals surface area (Å²) in [5.41, 5.74) is 0. The van der Waals surface area contributed by atoms with Crippen molar-refractivity contribution < 1.29 is 14.9 Å². The zero-order valence-corrected chi connectivity index (χ0v) is 11.3. The van der Waals surface area contributed by atoms with Crippen LogP contribution in [0.1, 0.15) is 38.5 Å². The number of rotatable bonds is 5. The predicted octanol–water partition coefficient (Wildman–Crippen LogP) is 1.01. The second-order valence-electron chi connectivity index (χ2n) is 5.70. The zero-order valence-electron chi connectivity index (χ0n) is 11.3. The van der Waals surface area contributed by atoms with Gasteiger partial charge in [0.1, 0.15) is 0 Å². The molecular formula is C14H27NO3. The molecular weight excluding hydrogens is 230 g/mol. The Bertz CT molecular complexity index is 228. The van der Waals surface area contributed by atoms with Crippen LogP contribution in [0.25, 0.3) is 0 Å². The minimum Gasteiger partial charge on any atom is -0.395 e. The summed E-state index contributed by atoms with van der Waals surface area (Å²) in [4.78, 5) is 2.38. The molecule has 1 saturated heterocycles. The van der Waals surface area contributed by atoms with Gasteiger partial charge in [0.15, 0.2) is 0 Å². The number of hydrogen-bond acceptors (Lipinski definition) is 4. The van der Waals surface area contributed by atoms with Gasteiger partial charge in [-0.1, -0.05) is 19.3 Å². The van der Waals surface area contributed by atoms with Crippen molar-refractivity contribution in [2.75, 3.05) is 32.9 Å². The standard InChI is InChI=1S/C14H27NO3/c16-8-7-15(13-4-2-1-3-5-13)10-12-11-18-9-6-14(12)17/h12-14,16-17H,1-11H2. The van der Waals surface area contributed by atoms with Crippen LogP contribution < -0.4 is 0 Å². The second-order valence-corrected chi connectivity index (χ2v) is 5.70. The minimum atomic E-state index is -0.233. The lowest BCUT2D eigenvalue weighted by Crippen LogP contribution is -2.46. The van der Waals surface area contributed by atoms with E-state index >= 15 is 0 Å². The van der Waals surface area contributed by atoms with Crippen molar-refractivity contribution in [3.8, 4) is 0 Å². The summed E-state index contributed by atoms with van der Waals surface area (Å²) in [6.45, 7) is 3.15. The van der Waals surface area contributed by atoms with Crippen molar-refractivity contribution in [2.24, 2.45) is 5.92 Å². The average Bonchev–Trinajstić information content (AvgIpc) is 2.42. The van der Waals surface area contributed by atoms with E-state index in [2.05, 4.69) is 4.90 Å². The molecule has 0 radical (unpaired) electrons. The maximum atomic E-state index is 10.0. The number of ether oxygens (including phenoxy) is 1. The van der Waals surface area contributed by atoms with E-state index in [-0.39, 0.29) is 18.6 Å². The van der Waals surface area contributed by atoms with Crippen LogP contribution in [-0.4, -0.2) is 60.2 Å². The van der Waals surface area contributed by atoms with Gasteiger partial charge in [0, 0.05) is 31.7 Å². The van der Waals surface area contributed by atoms with E-state index < -0.39 is 0 Å². The molecule has 1 aliphatic heterocycles. The molecule has 0 aromatic heterocycles. The molecule has 4 heteroatoms. The summed E-state index contributed by atoms with van der Waals surface area (Å²) in [5.74, 6) is 0.215. The van der Waals surface area contributed by atoms with Crippen molar-refractivity contribution in [2.45, 2.75) is 50.7 Å². The van der Waals surface area contributed by atoms with E-state index in [1.165, 1.54) is 32.1 Å². The maximum Gasteiger partial charge on any atom is 0.0624 e. The quantitative estimate of drug-likeness (QED) is 0.772. The number of hydrogen-bond donors (Lipinski definition) is 2. The topological polar surface area (TPSA) is 52.9 Å². The number of nitrogens with zero attached hydrogens (tertiary/aromatic N) is 1. The molecule has 0 aromatic rings. The van der Waals surface area contributed by atoms with Crippen LogP contribution in [0.5, 0.6) is 0 Å². The lowest BCUT2D eigenvalue weighted by Gasteiger charge is -2.38. The van der Waals surface area contributed by atoms with Gasteiger partial charge in [-0.2, -0.15) is 0 Å². The molecule has 0 spiro atoms. The Morgan fingerprint density at radius 3 is 2.56 bits per heavy atom. The molecule has 2 N–H and O–H groups in total. The molecule has 0 bridgehead atoms. The molecule has 1 aliphatic carbocycles. The molecule has 2 atom stereocenters. The Hall–Kier alpha value is -0.160. The fraction of sp³-hybridized carbons (Fsp3) is 1.00. The molecule has 2 aliphatic rings. The SMILES string of the molecule is OCCN(CC1COCCC1O)C1CCCCC1. The van der Waals surface area contributed by atoms with Gasteiger partial charge in [0.05, 0.1) is 19.3 Å². The summed E-state index contributed by atoms with van der Waals surface area (Å²) in [7, 11) is 0. The molecule has 18 heavy (non-hydrogen) atoms. The van der Waals surface area contributed by atoms with Crippen LogP contribution >= 0.6 is 0 Å². The summed E-state index contributed by atoms with van der Waals surface area (Å²) < 4.78 is 5.47. The first kappa shape index (κ1) is 14.3. The largest absolute Gasteiger partial charge is 0.395 e. The lowest BCUT2D eigenvalue weighted by molar-refractivity contribution is -0.0535. The fourth-order valence-corrected chi connectivity index (χ4v) is 3.26. The molecule has 4 nitrogen and oxygen atoms in total. The van der Waals surface area contributed by atoms with Gasteiger partial charge in [-0.05, 0) is 19.3 Å². The summed E-state index contributed by atoms with van der Waals surface area (Å²) >= 11 is 0. The van der Waals surface area contributed by atoms with Crippen LogP contribution in [0.4, 0.5) is 0 Å². The second kappa shape index (κ2) is 7.43. The molecule has 2 unspecified atom stereocenters. The van der Waals surface area contributed by atoms with Crippen molar-refractivity contribution in [3.63, 3.8) is 0 Å². The highest BCUT2D eigenvalue weighted by Crippen LogP contribution is 2.25. The summed E-state index contributed by atoms with van der Waals surface area (Å²) in [6.07, 6.45) is 6.95. The van der Waals surface area contributed by atoms with E-state index in [1.807, 2.05) is 0 Å². The minimum absolute atomic E-state index is 0.209. The molecule has 2 rings (SSSR count). The van der Waals surface area contributed by atoms with Gasteiger partial charge in [0.2, 0.25) is 0 Å². The third kappa shape index (κ3) is 3.92. The van der Waals surface area contributed by atoms with E-state index in [4.69, 9.17) is 4.74 Å². The molecule has 1 saturated carbocycles. The maximum absolute atomic E-state index is 10.0. The average molecular weight is 257 g/mol. The van der Waals surface area contributed by atoms with Crippen LogP contribution in [0.2, 0.25) is 0 Å². The third-order valence-electron chi connectivity index (χ3n) is 4.38. The molecule has 1 heterocycles. The van der Waals surface area contributed by atoms with Gasteiger partial charge < -0.3 is 14.9 Å². The Morgan fingerprint density at radius 1 is 1.11 bits per heavy atom. The van der Waals surface area contributed by atoms with Crippen LogP contribution in [0.3, 0.4) is 0 Å². The van der Waals surface area contributed by atoms with Gasteiger partial charge in [-0.25, -0.2) is 0 Å². The van der Waals surface area contributed by atoms with Crippen molar-refractivity contribution in [1.82, 2.24) is 4.90 Å². The van der Waals surface area contributed by atoms with Crippen molar-refractivity contribution in [3.05, 3.63) is 0 Å². The van der Waals surface area contributed by atoms with E-state index in [0.29, 0.717) is 19.3 Å². The fourth-order valence-electron chi connectivity index (χ4n) is 3.26. The van der Waals surface area contributed by atoms with E-state index in [1.54, 1.807) is 0 Å². The Balaban J connectivity index is 1.87. The first-order valence-corrected chi connectivity index (χ1v) is 7.42. The highest BCUT2D eigenvalue weighted by Gasteiger charge is 2.29. The van der Waals surface area contributed by atoms with Crippen molar-refractivity contribution >= 4 is 0 Å². The Morgan fingerprint density at radius 2 is 1.89 bits per heavy atom. The molecule has 2 fully saturated rings. The normalized spacial score (nSPS) is 30.8. The molecule has 0 amide bonds. The Labute approximate surface area is 110 Å². The zero-order chi connectivity index (χ0) is 12.8. The van der Waals surface area contributed by atoms with Crippen LogP contribution in [-0.2, 0) is 4.74 Å². The van der Waals surface area contributed by atoms with E-state index in [0.717, 1.165) is 19.5 Å². The number of aliphatic hydroxyl groups excluding tert-OH is 2. The molecule has 0 aromatic carbocycles. The molecule has 106 valence electrons. The monoisotopic (exact) mass is 257 g/mol. The highest BCUT2D eigenvalue weighted by molar-refractivity contribution is 4.81. The van der Waals surface area contributed by atoms with Gasteiger partial charge in [0.25, 0.3) is 0 Å². The summed E-state index contributed by atoms with van der Waals surface area (Å²) in [5, 5.41) is 19.2. The van der Waals surface area contributed by atoms with E-state index in [9.17, 15) is 10.2 Å².